The fourth-order valence-corrected chi connectivity index (χ4v) is 2.83. The predicted octanol–water partition coefficient (Wildman–Crippen LogP) is 5.64. The van der Waals surface area contributed by atoms with Gasteiger partial charge in [0.25, 0.3) is 0 Å². The largest absolute Gasteiger partial charge is 0.0622 e. The molecule has 4 rings (SSSR count). The highest BCUT2D eigenvalue weighted by molar-refractivity contribution is 5.90. The van der Waals surface area contributed by atoms with Gasteiger partial charge in [-0.15, -0.1) is 0 Å². The lowest BCUT2D eigenvalue weighted by atomic mass is 9.99. The van der Waals surface area contributed by atoms with Gasteiger partial charge in [0.2, 0.25) is 0 Å². The first-order valence-electron chi connectivity index (χ1n) is 8.56. The summed E-state index contributed by atoms with van der Waals surface area (Å²) in [6.07, 6.45) is 0. The first-order valence-corrected chi connectivity index (χ1v) is 8.56. The third-order valence-electron chi connectivity index (χ3n) is 4.15. The van der Waals surface area contributed by atoms with Crippen LogP contribution in [0.3, 0.4) is 0 Å². The molecule has 0 aliphatic carbocycles. The maximum atomic E-state index is 3.36. The molecule has 0 saturated carbocycles. The second-order valence-corrected chi connectivity index (χ2v) is 5.94. The zero-order chi connectivity index (χ0) is 17.6. The third-order valence-corrected chi connectivity index (χ3v) is 4.15. The van der Waals surface area contributed by atoms with E-state index in [-0.39, 0.29) is 0 Å². The van der Waals surface area contributed by atoms with Crippen LogP contribution < -0.4 is 0 Å². The van der Waals surface area contributed by atoms with Crippen molar-refractivity contribution in [2.75, 3.05) is 0 Å². The second kappa shape index (κ2) is 7.43. The first-order chi connectivity index (χ1) is 12.9. The molecule has 0 fully saturated rings. The second-order valence-electron chi connectivity index (χ2n) is 5.94. The number of fused-ring (bicyclic) bond motifs is 1. The minimum absolute atomic E-state index is 0.955. The topological polar surface area (TPSA) is 0 Å². The zero-order valence-corrected chi connectivity index (χ0v) is 14.2. The monoisotopic (exact) mass is 328 g/mol. The van der Waals surface area contributed by atoms with Crippen molar-refractivity contribution in [1.29, 1.82) is 0 Å². The Morgan fingerprint density at radius 2 is 1.00 bits per heavy atom. The highest BCUT2D eigenvalue weighted by atomic mass is 14.1. The van der Waals surface area contributed by atoms with Gasteiger partial charge in [-0.2, -0.15) is 0 Å². The summed E-state index contributed by atoms with van der Waals surface area (Å²) < 4.78 is 0. The van der Waals surface area contributed by atoms with Gasteiger partial charge in [-0.25, -0.2) is 0 Å². The van der Waals surface area contributed by atoms with Crippen LogP contribution in [0.4, 0.5) is 0 Å². The van der Waals surface area contributed by atoms with E-state index in [1.807, 2.05) is 72.8 Å². The van der Waals surface area contributed by atoms with Crippen LogP contribution in [0, 0.1) is 23.7 Å². The van der Waals surface area contributed by atoms with E-state index in [1.165, 1.54) is 5.39 Å². The van der Waals surface area contributed by atoms with E-state index in [0.29, 0.717) is 0 Å². The minimum atomic E-state index is 0.955. The zero-order valence-electron chi connectivity index (χ0n) is 14.2. The SMILES string of the molecule is C(#Cc1ccc2ccccc2c1C#Cc1ccccc1)c1ccccc1. The van der Waals surface area contributed by atoms with E-state index in [1.54, 1.807) is 0 Å². The Balaban J connectivity index is 1.86. The highest BCUT2D eigenvalue weighted by Crippen LogP contribution is 2.21. The molecule has 0 N–H and O–H groups in total. The van der Waals surface area contributed by atoms with Crippen LogP contribution >= 0.6 is 0 Å². The van der Waals surface area contributed by atoms with Crippen molar-refractivity contribution in [3.05, 3.63) is 119 Å². The van der Waals surface area contributed by atoms with Crippen molar-refractivity contribution in [2.24, 2.45) is 0 Å². The fourth-order valence-electron chi connectivity index (χ4n) is 2.83. The van der Waals surface area contributed by atoms with Gasteiger partial charge < -0.3 is 0 Å². The van der Waals surface area contributed by atoms with E-state index in [4.69, 9.17) is 0 Å². The molecule has 0 heteroatoms. The van der Waals surface area contributed by atoms with Gasteiger partial charge in [-0.3, -0.25) is 0 Å². The average Bonchev–Trinajstić information content (AvgIpc) is 2.72. The standard InChI is InChI=1S/C26H16/c1-3-9-21(10-4-1)15-17-24-19-18-23-13-7-8-14-25(23)26(24)20-16-22-11-5-2-6-12-22/h1-14,18-19H. The Morgan fingerprint density at radius 1 is 0.423 bits per heavy atom. The Labute approximate surface area is 154 Å². The van der Waals surface area contributed by atoms with Crippen molar-refractivity contribution in [2.45, 2.75) is 0 Å². The predicted molar refractivity (Wildman–Crippen MR) is 109 cm³/mol. The number of hydrogen-bond donors (Lipinski definition) is 0. The van der Waals surface area contributed by atoms with Gasteiger partial charge in [0, 0.05) is 22.3 Å². The van der Waals surface area contributed by atoms with E-state index in [9.17, 15) is 0 Å². The number of hydrogen-bond acceptors (Lipinski definition) is 0. The Kier molecular flexibility index (Phi) is 4.51. The lowest BCUT2D eigenvalue weighted by Crippen LogP contribution is -1.87. The van der Waals surface area contributed by atoms with Gasteiger partial charge in [0.15, 0.2) is 0 Å². The van der Waals surface area contributed by atoms with Crippen molar-refractivity contribution < 1.29 is 0 Å². The average molecular weight is 328 g/mol. The summed E-state index contributed by atoms with van der Waals surface area (Å²) in [6, 6.07) is 32.6. The molecule has 0 unspecified atom stereocenters. The Hall–Kier alpha value is -3.74. The molecule has 0 heterocycles. The molecule has 0 nitrogen and oxygen atoms in total. The van der Waals surface area contributed by atoms with Crippen LogP contribution in [0.5, 0.6) is 0 Å². The third kappa shape index (κ3) is 3.51. The summed E-state index contributed by atoms with van der Waals surface area (Å²) in [6.45, 7) is 0. The molecule has 0 aliphatic rings. The van der Waals surface area contributed by atoms with Gasteiger partial charge in [0.1, 0.15) is 0 Å². The van der Waals surface area contributed by atoms with Gasteiger partial charge >= 0.3 is 0 Å². The van der Waals surface area contributed by atoms with Crippen LogP contribution in [0.2, 0.25) is 0 Å². The summed E-state index contributed by atoms with van der Waals surface area (Å²) in [5, 5.41) is 2.31. The Morgan fingerprint density at radius 3 is 1.69 bits per heavy atom. The van der Waals surface area contributed by atoms with Gasteiger partial charge in [-0.05, 0) is 41.1 Å². The molecule has 0 bridgehead atoms. The lowest BCUT2D eigenvalue weighted by Gasteiger charge is -2.03. The van der Waals surface area contributed by atoms with Crippen LogP contribution in [-0.4, -0.2) is 0 Å². The molecule has 0 radical (unpaired) electrons. The minimum Gasteiger partial charge on any atom is -0.0622 e. The van der Waals surface area contributed by atoms with Crippen molar-refractivity contribution in [1.82, 2.24) is 0 Å². The normalized spacial score (nSPS) is 9.69. The van der Waals surface area contributed by atoms with Crippen LogP contribution in [0.1, 0.15) is 22.3 Å². The molecule has 0 amide bonds. The number of rotatable bonds is 0. The highest BCUT2D eigenvalue weighted by Gasteiger charge is 2.03. The molecular weight excluding hydrogens is 312 g/mol. The summed E-state index contributed by atoms with van der Waals surface area (Å²) in [4.78, 5) is 0. The molecule has 4 aromatic carbocycles. The first kappa shape index (κ1) is 15.8. The Bertz CT molecular complexity index is 1160. The maximum absolute atomic E-state index is 3.36. The maximum Gasteiger partial charge on any atom is 0.0484 e. The smallest absolute Gasteiger partial charge is 0.0484 e. The summed E-state index contributed by atoms with van der Waals surface area (Å²) in [5.74, 6) is 13.2. The van der Waals surface area contributed by atoms with Crippen molar-refractivity contribution in [3.8, 4) is 23.7 Å². The molecule has 0 aromatic heterocycles. The van der Waals surface area contributed by atoms with Gasteiger partial charge in [0.05, 0.1) is 0 Å². The van der Waals surface area contributed by atoms with Crippen molar-refractivity contribution >= 4 is 10.8 Å². The molecule has 4 aromatic rings. The van der Waals surface area contributed by atoms with Crippen LogP contribution in [0.15, 0.2) is 97.1 Å². The van der Waals surface area contributed by atoms with E-state index in [0.717, 1.165) is 27.6 Å². The van der Waals surface area contributed by atoms with E-state index >= 15 is 0 Å². The van der Waals surface area contributed by atoms with Crippen LogP contribution in [0.25, 0.3) is 10.8 Å². The molecule has 0 saturated heterocycles. The molecule has 26 heavy (non-hydrogen) atoms. The quantitative estimate of drug-likeness (QED) is 0.366. The van der Waals surface area contributed by atoms with Crippen molar-refractivity contribution in [3.63, 3.8) is 0 Å². The van der Waals surface area contributed by atoms with Gasteiger partial charge in [-0.1, -0.05) is 90.4 Å². The summed E-state index contributed by atoms with van der Waals surface area (Å²) in [5.41, 5.74) is 3.94. The lowest BCUT2D eigenvalue weighted by molar-refractivity contribution is 1.61. The molecular formula is C26H16. The van der Waals surface area contributed by atoms with E-state index in [2.05, 4.69) is 47.9 Å². The molecule has 0 aliphatic heterocycles. The van der Waals surface area contributed by atoms with Crippen LogP contribution in [-0.2, 0) is 0 Å². The summed E-state index contributed by atoms with van der Waals surface area (Å²) >= 11 is 0. The molecule has 120 valence electrons. The molecule has 0 atom stereocenters. The summed E-state index contributed by atoms with van der Waals surface area (Å²) in [7, 11) is 0. The fraction of sp³-hybridized carbons (Fsp3) is 0. The number of benzene rings is 4. The van der Waals surface area contributed by atoms with E-state index < -0.39 is 0 Å². The molecule has 0 spiro atoms.